The maximum atomic E-state index is 5.59. The third kappa shape index (κ3) is 4.87. The first-order chi connectivity index (χ1) is 10.1. The predicted octanol–water partition coefficient (Wildman–Crippen LogP) is 3.79. The average Bonchev–Trinajstić information content (AvgIpc) is 2.46. The summed E-state index contributed by atoms with van der Waals surface area (Å²) in [6, 6.07) is 4.25. The van der Waals surface area contributed by atoms with Crippen LogP contribution in [-0.4, -0.2) is 34.5 Å². The highest BCUT2D eigenvalue weighted by atomic mass is 79.9. The van der Waals surface area contributed by atoms with E-state index in [0.717, 1.165) is 41.1 Å². The Morgan fingerprint density at radius 2 is 1.90 bits per heavy atom. The van der Waals surface area contributed by atoms with Crippen LogP contribution in [0.1, 0.15) is 31.9 Å². The van der Waals surface area contributed by atoms with Crippen LogP contribution in [0, 0.1) is 5.92 Å². The largest absolute Gasteiger partial charge is 0.495 e. The lowest BCUT2D eigenvalue weighted by Gasteiger charge is -2.24. The molecule has 1 aromatic rings. The number of rotatable bonds is 9. The Hall–Kier alpha value is -0.780. The molecule has 0 aliphatic heterocycles. The number of hydrogen-bond acceptors (Lipinski definition) is 4. The normalized spacial score (nSPS) is 13.8. The summed E-state index contributed by atoms with van der Waals surface area (Å²) in [5.74, 6) is 2.06. The maximum absolute atomic E-state index is 5.59. The van der Waals surface area contributed by atoms with Crippen LogP contribution in [0.3, 0.4) is 0 Å². The van der Waals surface area contributed by atoms with Gasteiger partial charge in [-0.05, 0) is 46.9 Å². The van der Waals surface area contributed by atoms with E-state index < -0.39 is 0 Å². The van der Waals surface area contributed by atoms with Gasteiger partial charge >= 0.3 is 0 Å². The van der Waals surface area contributed by atoms with Crippen LogP contribution in [0.5, 0.6) is 11.5 Å². The van der Waals surface area contributed by atoms with Crippen molar-refractivity contribution in [1.29, 1.82) is 0 Å². The molecule has 0 saturated carbocycles. The molecule has 120 valence electrons. The fourth-order valence-electron chi connectivity index (χ4n) is 2.51. The van der Waals surface area contributed by atoms with Gasteiger partial charge in [0.25, 0.3) is 0 Å². The number of nitrogens with one attached hydrogen (secondary N) is 1. The minimum atomic E-state index is 0.220. The summed E-state index contributed by atoms with van der Waals surface area (Å²) < 4.78 is 17.0. The second-order valence-electron chi connectivity index (χ2n) is 5.11. The van der Waals surface area contributed by atoms with Crippen LogP contribution in [0.4, 0.5) is 0 Å². The maximum Gasteiger partial charge on any atom is 0.141 e. The van der Waals surface area contributed by atoms with Crippen molar-refractivity contribution in [2.75, 3.05) is 34.5 Å². The summed E-state index contributed by atoms with van der Waals surface area (Å²) in [5, 5.41) is 3.53. The average molecular weight is 360 g/mol. The molecule has 0 bridgehead atoms. The number of benzene rings is 1. The molecule has 0 spiro atoms. The second kappa shape index (κ2) is 9.28. The van der Waals surface area contributed by atoms with Crippen LogP contribution >= 0.6 is 15.9 Å². The van der Waals surface area contributed by atoms with E-state index >= 15 is 0 Å². The van der Waals surface area contributed by atoms with Crippen LogP contribution in [-0.2, 0) is 4.74 Å². The van der Waals surface area contributed by atoms with Gasteiger partial charge in [-0.2, -0.15) is 0 Å². The first-order valence-electron chi connectivity index (χ1n) is 7.21. The Kier molecular flexibility index (Phi) is 8.07. The lowest BCUT2D eigenvalue weighted by Crippen LogP contribution is -2.24. The number of halogens is 1. The van der Waals surface area contributed by atoms with Crippen molar-refractivity contribution in [2.24, 2.45) is 5.92 Å². The van der Waals surface area contributed by atoms with Crippen molar-refractivity contribution in [1.82, 2.24) is 5.32 Å². The summed E-state index contributed by atoms with van der Waals surface area (Å²) in [5.41, 5.74) is 1.13. The van der Waals surface area contributed by atoms with Crippen LogP contribution in [0.15, 0.2) is 16.6 Å². The molecular formula is C16H26BrNO3. The van der Waals surface area contributed by atoms with Crippen LogP contribution in [0.2, 0.25) is 0 Å². The van der Waals surface area contributed by atoms with E-state index in [0.29, 0.717) is 5.92 Å². The highest BCUT2D eigenvalue weighted by molar-refractivity contribution is 9.10. The van der Waals surface area contributed by atoms with Gasteiger partial charge in [-0.15, -0.1) is 0 Å². The van der Waals surface area contributed by atoms with E-state index in [1.165, 1.54) is 0 Å². The quantitative estimate of drug-likeness (QED) is 0.727. The molecule has 5 heteroatoms. The molecule has 1 aromatic carbocycles. The van der Waals surface area contributed by atoms with Gasteiger partial charge in [0, 0.05) is 25.3 Å². The molecule has 0 aliphatic rings. The first kappa shape index (κ1) is 18.3. The van der Waals surface area contributed by atoms with E-state index in [1.54, 1.807) is 21.3 Å². The first-order valence-corrected chi connectivity index (χ1v) is 8.00. The zero-order valence-electron chi connectivity index (χ0n) is 13.5. The van der Waals surface area contributed by atoms with Gasteiger partial charge in [-0.1, -0.05) is 13.8 Å². The minimum absolute atomic E-state index is 0.220. The molecule has 0 aromatic heterocycles. The molecule has 0 amide bonds. The molecule has 2 unspecified atom stereocenters. The highest BCUT2D eigenvalue weighted by Gasteiger charge is 2.21. The second-order valence-corrected chi connectivity index (χ2v) is 5.90. The SMILES string of the molecule is CCNC(CC(C)COC)c1ccc(OC)c(Br)c1OC. The summed E-state index contributed by atoms with van der Waals surface area (Å²) >= 11 is 3.57. The van der Waals surface area contributed by atoms with Crippen molar-refractivity contribution in [3.63, 3.8) is 0 Å². The third-order valence-electron chi connectivity index (χ3n) is 3.43. The molecule has 0 saturated heterocycles. The number of ether oxygens (including phenoxy) is 3. The lowest BCUT2D eigenvalue weighted by molar-refractivity contribution is 0.149. The zero-order chi connectivity index (χ0) is 15.8. The molecule has 0 fully saturated rings. The molecule has 0 heterocycles. The molecule has 4 nitrogen and oxygen atoms in total. The van der Waals surface area contributed by atoms with E-state index in [1.807, 2.05) is 6.07 Å². The van der Waals surface area contributed by atoms with Crippen LogP contribution in [0.25, 0.3) is 0 Å². The van der Waals surface area contributed by atoms with Gasteiger partial charge in [-0.3, -0.25) is 0 Å². The van der Waals surface area contributed by atoms with Gasteiger partial charge in [-0.25, -0.2) is 0 Å². The van der Waals surface area contributed by atoms with E-state index in [2.05, 4.69) is 41.2 Å². The van der Waals surface area contributed by atoms with Gasteiger partial charge in [0.2, 0.25) is 0 Å². The highest BCUT2D eigenvalue weighted by Crippen LogP contribution is 2.40. The Morgan fingerprint density at radius 1 is 1.19 bits per heavy atom. The van der Waals surface area contributed by atoms with Crippen LogP contribution < -0.4 is 14.8 Å². The molecule has 1 rings (SSSR count). The van der Waals surface area contributed by atoms with Crippen molar-refractivity contribution in [3.05, 3.63) is 22.2 Å². The zero-order valence-corrected chi connectivity index (χ0v) is 15.1. The molecule has 2 atom stereocenters. The number of hydrogen-bond donors (Lipinski definition) is 1. The Labute approximate surface area is 136 Å². The summed E-state index contributed by atoms with van der Waals surface area (Å²) in [6.45, 7) is 5.95. The standard InChI is InChI=1S/C16H26BrNO3/c1-6-18-13(9-11(2)10-19-3)12-7-8-14(20-4)15(17)16(12)21-5/h7-8,11,13,18H,6,9-10H2,1-5H3. The number of methoxy groups -OCH3 is 3. The Bertz CT molecular complexity index is 440. The van der Waals surface area contributed by atoms with Crippen molar-refractivity contribution >= 4 is 15.9 Å². The topological polar surface area (TPSA) is 39.7 Å². The van der Waals surface area contributed by atoms with Gasteiger partial charge in [0.05, 0.1) is 14.2 Å². The minimum Gasteiger partial charge on any atom is -0.495 e. The molecular weight excluding hydrogens is 334 g/mol. The monoisotopic (exact) mass is 359 g/mol. The van der Waals surface area contributed by atoms with Crippen molar-refractivity contribution in [3.8, 4) is 11.5 Å². The lowest BCUT2D eigenvalue weighted by atomic mass is 9.95. The Morgan fingerprint density at radius 3 is 2.43 bits per heavy atom. The predicted molar refractivity (Wildman–Crippen MR) is 89.3 cm³/mol. The Balaban J connectivity index is 3.09. The summed E-state index contributed by atoms with van der Waals surface area (Å²) in [7, 11) is 5.08. The van der Waals surface area contributed by atoms with Gasteiger partial charge < -0.3 is 19.5 Å². The molecule has 1 N–H and O–H groups in total. The van der Waals surface area contributed by atoms with Gasteiger partial charge in [0.15, 0.2) is 0 Å². The summed E-state index contributed by atoms with van der Waals surface area (Å²) in [6.07, 6.45) is 0.983. The van der Waals surface area contributed by atoms with Crippen molar-refractivity contribution in [2.45, 2.75) is 26.3 Å². The summed E-state index contributed by atoms with van der Waals surface area (Å²) in [4.78, 5) is 0. The van der Waals surface area contributed by atoms with E-state index in [4.69, 9.17) is 14.2 Å². The molecule has 21 heavy (non-hydrogen) atoms. The van der Waals surface area contributed by atoms with E-state index in [-0.39, 0.29) is 6.04 Å². The van der Waals surface area contributed by atoms with Crippen molar-refractivity contribution < 1.29 is 14.2 Å². The molecule has 0 aliphatic carbocycles. The van der Waals surface area contributed by atoms with Gasteiger partial charge in [0.1, 0.15) is 16.0 Å². The fourth-order valence-corrected chi connectivity index (χ4v) is 3.20. The fraction of sp³-hybridized carbons (Fsp3) is 0.625. The smallest absolute Gasteiger partial charge is 0.141 e. The van der Waals surface area contributed by atoms with E-state index in [9.17, 15) is 0 Å². The molecule has 0 radical (unpaired) electrons. The third-order valence-corrected chi connectivity index (χ3v) is 4.18.